The molecule has 0 aliphatic rings. The van der Waals surface area contributed by atoms with E-state index in [-0.39, 0.29) is 11.8 Å². The first-order chi connectivity index (χ1) is 11.9. The number of amides is 2. The highest BCUT2D eigenvalue weighted by atomic mass is 32.2. The highest BCUT2D eigenvalue weighted by Crippen LogP contribution is 2.27. The van der Waals surface area contributed by atoms with E-state index in [1.54, 1.807) is 24.3 Å². The molecule has 0 aliphatic carbocycles. The van der Waals surface area contributed by atoms with E-state index in [1.165, 1.54) is 28.5 Å². The predicted molar refractivity (Wildman–Crippen MR) is 104 cm³/mol. The predicted octanol–water partition coefficient (Wildman–Crippen LogP) is 4.09. The Balaban J connectivity index is 1.99. The Bertz CT molecular complexity index is 764. The molecule has 4 nitrogen and oxygen atoms in total. The molecular weight excluding hydrogens is 332 g/mol. The second-order valence-corrected chi connectivity index (χ2v) is 6.99. The third kappa shape index (κ3) is 5.36. The molecule has 0 spiro atoms. The summed E-state index contributed by atoms with van der Waals surface area (Å²) in [6.07, 6.45) is 0. The van der Waals surface area contributed by atoms with E-state index in [2.05, 4.69) is 43.5 Å². The number of hydrogen-bond donors (Lipinski definition) is 2. The Morgan fingerprint density at radius 1 is 1.04 bits per heavy atom. The lowest BCUT2D eigenvalue weighted by Gasteiger charge is -2.11. The largest absolute Gasteiger partial charge is 0.352 e. The van der Waals surface area contributed by atoms with Crippen LogP contribution in [0.15, 0.2) is 41.3 Å². The van der Waals surface area contributed by atoms with Gasteiger partial charge in [-0.2, -0.15) is 0 Å². The van der Waals surface area contributed by atoms with Crippen LogP contribution >= 0.6 is 11.8 Å². The average Bonchev–Trinajstić information content (AvgIpc) is 2.54. The number of thioether (sulfide) groups is 1. The van der Waals surface area contributed by atoms with Crippen molar-refractivity contribution in [3.8, 4) is 0 Å². The summed E-state index contributed by atoms with van der Waals surface area (Å²) in [5, 5.41) is 5.61. The van der Waals surface area contributed by atoms with Crippen molar-refractivity contribution >= 4 is 29.3 Å². The molecule has 132 valence electrons. The fourth-order valence-electron chi connectivity index (χ4n) is 2.73. The van der Waals surface area contributed by atoms with Gasteiger partial charge in [0.15, 0.2) is 0 Å². The van der Waals surface area contributed by atoms with E-state index >= 15 is 0 Å². The molecule has 2 N–H and O–H groups in total. The van der Waals surface area contributed by atoms with E-state index in [0.29, 0.717) is 23.5 Å². The third-order valence-electron chi connectivity index (χ3n) is 3.70. The van der Waals surface area contributed by atoms with Crippen LogP contribution in [0.25, 0.3) is 0 Å². The third-order valence-corrected chi connectivity index (χ3v) is 5.04. The fourth-order valence-corrected chi connectivity index (χ4v) is 3.65. The van der Waals surface area contributed by atoms with Gasteiger partial charge in [0.05, 0.1) is 5.75 Å². The van der Waals surface area contributed by atoms with Gasteiger partial charge >= 0.3 is 0 Å². The topological polar surface area (TPSA) is 58.2 Å². The first-order valence-electron chi connectivity index (χ1n) is 8.29. The van der Waals surface area contributed by atoms with Crippen molar-refractivity contribution in [1.82, 2.24) is 5.32 Å². The number of benzene rings is 2. The number of anilines is 1. The van der Waals surface area contributed by atoms with Crippen LogP contribution in [-0.2, 0) is 4.79 Å². The molecule has 0 saturated heterocycles. The molecular formula is C20H24N2O2S. The second-order valence-electron chi connectivity index (χ2n) is 6.00. The molecule has 0 heterocycles. The zero-order chi connectivity index (χ0) is 18.4. The summed E-state index contributed by atoms with van der Waals surface area (Å²) < 4.78 is 0. The fraction of sp³-hybridized carbons (Fsp3) is 0.300. The minimum absolute atomic E-state index is 0.0857. The zero-order valence-electron chi connectivity index (χ0n) is 15.1. The maximum absolute atomic E-state index is 12.2. The lowest BCUT2D eigenvalue weighted by atomic mass is 10.1. The van der Waals surface area contributed by atoms with Gasteiger partial charge in [0.1, 0.15) is 0 Å². The van der Waals surface area contributed by atoms with Crippen molar-refractivity contribution in [2.75, 3.05) is 17.6 Å². The molecule has 0 aliphatic heterocycles. The van der Waals surface area contributed by atoms with E-state index in [4.69, 9.17) is 0 Å². The van der Waals surface area contributed by atoms with Gasteiger partial charge in [-0.1, -0.05) is 23.8 Å². The maximum atomic E-state index is 12.2. The van der Waals surface area contributed by atoms with E-state index < -0.39 is 0 Å². The highest BCUT2D eigenvalue weighted by Gasteiger charge is 2.10. The average molecular weight is 356 g/mol. The van der Waals surface area contributed by atoms with Crippen LogP contribution in [0, 0.1) is 20.8 Å². The van der Waals surface area contributed by atoms with Crippen LogP contribution in [0.5, 0.6) is 0 Å². The standard InChI is InChI=1S/C20H24N2O2S/c1-5-21-20(24)16-7-6-8-17(11-16)22-18(23)12-25-19-14(3)9-13(2)10-15(19)4/h6-11H,5,12H2,1-4H3,(H,21,24)(H,22,23). The summed E-state index contributed by atoms with van der Waals surface area (Å²) in [6.45, 7) is 8.64. The van der Waals surface area contributed by atoms with Crippen LogP contribution in [0.2, 0.25) is 0 Å². The molecule has 2 aromatic carbocycles. The number of carbonyl (C=O) groups is 2. The smallest absolute Gasteiger partial charge is 0.251 e. The summed E-state index contributed by atoms with van der Waals surface area (Å²) in [7, 11) is 0. The first-order valence-corrected chi connectivity index (χ1v) is 9.28. The molecule has 0 bridgehead atoms. The summed E-state index contributed by atoms with van der Waals surface area (Å²) in [6, 6.07) is 11.2. The summed E-state index contributed by atoms with van der Waals surface area (Å²) in [4.78, 5) is 25.3. The number of hydrogen-bond acceptors (Lipinski definition) is 3. The molecule has 0 fully saturated rings. The number of aryl methyl sites for hydroxylation is 3. The Morgan fingerprint density at radius 2 is 1.72 bits per heavy atom. The molecule has 2 aromatic rings. The van der Waals surface area contributed by atoms with Crippen molar-refractivity contribution in [2.45, 2.75) is 32.6 Å². The zero-order valence-corrected chi connectivity index (χ0v) is 15.9. The Labute approximate surface area is 153 Å². The van der Waals surface area contributed by atoms with Crippen LogP contribution in [0.3, 0.4) is 0 Å². The van der Waals surface area contributed by atoms with Gasteiger partial charge < -0.3 is 10.6 Å². The highest BCUT2D eigenvalue weighted by molar-refractivity contribution is 8.00. The number of nitrogens with one attached hydrogen (secondary N) is 2. The molecule has 25 heavy (non-hydrogen) atoms. The molecule has 0 atom stereocenters. The van der Waals surface area contributed by atoms with Gasteiger partial charge in [-0.25, -0.2) is 0 Å². The normalized spacial score (nSPS) is 10.4. The van der Waals surface area contributed by atoms with Gasteiger partial charge in [0, 0.05) is 22.7 Å². The van der Waals surface area contributed by atoms with Crippen molar-refractivity contribution < 1.29 is 9.59 Å². The van der Waals surface area contributed by atoms with E-state index in [9.17, 15) is 9.59 Å². The van der Waals surface area contributed by atoms with Crippen LogP contribution in [0.4, 0.5) is 5.69 Å². The molecule has 2 amide bonds. The number of rotatable bonds is 6. The van der Waals surface area contributed by atoms with Crippen LogP contribution < -0.4 is 10.6 Å². The molecule has 5 heteroatoms. The lowest BCUT2D eigenvalue weighted by molar-refractivity contribution is -0.113. The lowest BCUT2D eigenvalue weighted by Crippen LogP contribution is -2.23. The maximum Gasteiger partial charge on any atom is 0.251 e. The first kappa shape index (κ1) is 19.1. The van der Waals surface area contributed by atoms with Gasteiger partial charge in [-0.15, -0.1) is 11.8 Å². The minimum atomic E-state index is -0.140. The van der Waals surface area contributed by atoms with Crippen molar-refractivity contribution in [3.05, 3.63) is 58.7 Å². The number of carbonyl (C=O) groups excluding carboxylic acids is 2. The van der Waals surface area contributed by atoms with Gasteiger partial charge in [-0.3, -0.25) is 9.59 Å². The van der Waals surface area contributed by atoms with Crippen molar-refractivity contribution in [2.24, 2.45) is 0 Å². The SMILES string of the molecule is CCNC(=O)c1cccc(NC(=O)CSc2c(C)cc(C)cc2C)c1. The van der Waals surface area contributed by atoms with Crippen LogP contribution in [-0.4, -0.2) is 24.1 Å². The molecule has 0 unspecified atom stereocenters. The van der Waals surface area contributed by atoms with E-state index in [1.807, 2.05) is 6.92 Å². The quantitative estimate of drug-likeness (QED) is 0.767. The summed E-state index contributed by atoms with van der Waals surface area (Å²) in [5.41, 5.74) is 4.78. The summed E-state index contributed by atoms with van der Waals surface area (Å²) >= 11 is 1.54. The Hall–Kier alpha value is -2.27. The van der Waals surface area contributed by atoms with Crippen LogP contribution in [0.1, 0.15) is 34.0 Å². The molecule has 0 saturated carbocycles. The minimum Gasteiger partial charge on any atom is -0.352 e. The van der Waals surface area contributed by atoms with Crippen molar-refractivity contribution in [1.29, 1.82) is 0 Å². The Kier molecular flexibility index (Phi) is 6.65. The molecule has 0 aromatic heterocycles. The molecule has 0 radical (unpaired) electrons. The summed E-state index contributed by atoms with van der Waals surface area (Å²) in [5.74, 6) is 0.104. The van der Waals surface area contributed by atoms with E-state index in [0.717, 1.165) is 4.90 Å². The van der Waals surface area contributed by atoms with Gasteiger partial charge in [0.25, 0.3) is 5.91 Å². The second kappa shape index (κ2) is 8.72. The van der Waals surface area contributed by atoms with Crippen molar-refractivity contribution in [3.63, 3.8) is 0 Å². The monoisotopic (exact) mass is 356 g/mol. The molecule has 2 rings (SSSR count). The Morgan fingerprint density at radius 3 is 2.36 bits per heavy atom. The van der Waals surface area contributed by atoms with Gasteiger partial charge in [0.2, 0.25) is 5.91 Å². The van der Waals surface area contributed by atoms with Gasteiger partial charge in [-0.05, 0) is 57.0 Å².